The molecule has 0 amide bonds. The summed E-state index contributed by atoms with van der Waals surface area (Å²) in [6, 6.07) is 14.4. The fraction of sp³-hybridized carbons (Fsp3) is 0.250. The summed E-state index contributed by atoms with van der Waals surface area (Å²) in [6.45, 7) is 4.57. The first kappa shape index (κ1) is 17.2. The molecule has 0 N–H and O–H groups in total. The van der Waals surface area contributed by atoms with E-state index in [0.717, 1.165) is 18.8 Å². The SMILES string of the molecule is CC(=O)c1ccc(N2CCN(c3nc(-c4ccccc4F)no3)CC2)cc1. The zero-order chi connectivity index (χ0) is 18.8. The van der Waals surface area contributed by atoms with Crippen LogP contribution in [-0.4, -0.2) is 42.1 Å². The first-order valence-corrected chi connectivity index (χ1v) is 8.81. The van der Waals surface area contributed by atoms with Gasteiger partial charge in [-0.15, -0.1) is 0 Å². The van der Waals surface area contributed by atoms with Crippen LogP contribution in [0.5, 0.6) is 0 Å². The molecule has 0 unspecified atom stereocenters. The number of Topliss-reactive ketones (excluding diaryl/α,β-unsaturated/α-hetero) is 1. The van der Waals surface area contributed by atoms with Gasteiger partial charge in [0.1, 0.15) is 5.82 Å². The van der Waals surface area contributed by atoms with E-state index in [9.17, 15) is 9.18 Å². The number of carbonyl (C=O) groups is 1. The highest BCUT2D eigenvalue weighted by Crippen LogP contribution is 2.24. The average molecular weight is 366 g/mol. The maximum absolute atomic E-state index is 13.9. The molecule has 138 valence electrons. The number of carbonyl (C=O) groups excluding carboxylic acids is 1. The summed E-state index contributed by atoms with van der Waals surface area (Å²) in [7, 11) is 0. The van der Waals surface area contributed by atoms with Gasteiger partial charge in [-0.25, -0.2) is 4.39 Å². The lowest BCUT2D eigenvalue weighted by atomic mass is 10.1. The molecule has 1 saturated heterocycles. The lowest BCUT2D eigenvalue weighted by Gasteiger charge is -2.35. The van der Waals surface area contributed by atoms with E-state index in [1.54, 1.807) is 25.1 Å². The van der Waals surface area contributed by atoms with Crippen molar-refractivity contribution < 1.29 is 13.7 Å². The Morgan fingerprint density at radius 2 is 1.67 bits per heavy atom. The van der Waals surface area contributed by atoms with Crippen LogP contribution in [0.25, 0.3) is 11.4 Å². The minimum absolute atomic E-state index is 0.0634. The third-order valence-corrected chi connectivity index (χ3v) is 4.72. The van der Waals surface area contributed by atoms with Gasteiger partial charge < -0.3 is 14.3 Å². The molecule has 2 aromatic carbocycles. The second-order valence-electron chi connectivity index (χ2n) is 6.46. The summed E-state index contributed by atoms with van der Waals surface area (Å²) in [5.74, 6) is -0.0533. The number of hydrogen-bond donors (Lipinski definition) is 0. The molecule has 4 rings (SSSR count). The van der Waals surface area contributed by atoms with Crippen molar-refractivity contribution in [3.8, 4) is 11.4 Å². The number of benzene rings is 2. The Bertz CT molecular complexity index is 947. The first-order chi connectivity index (χ1) is 13.1. The minimum atomic E-state index is -0.372. The summed E-state index contributed by atoms with van der Waals surface area (Å²) in [5.41, 5.74) is 2.12. The van der Waals surface area contributed by atoms with Crippen molar-refractivity contribution in [1.29, 1.82) is 0 Å². The van der Waals surface area contributed by atoms with Crippen LogP contribution in [0.2, 0.25) is 0 Å². The van der Waals surface area contributed by atoms with Gasteiger partial charge in [-0.1, -0.05) is 17.3 Å². The number of piperazine rings is 1. The van der Waals surface area contributed by atoms with E-state index >= 15 is 0 Å². The Kier molecular flexibility index (Phi) is 4.58. The van der Waals surface area contributed by atoms with Crippen molar-refractivity contribution in [3.05, 3.63) is 59.9 Å². The molecular weight excluding hydrogens is 347 g/mol. The maximum atomic E-state index is 13.9. The summed E-state index contributed by atoms with van der Waals surface area (Å²) in [5, 5.41) is 3.91. The summed E-state index contributed by atoms with van der Waals surface area (Å²) in [4.78, 5) is 20.0. The normalized spacial score (nSPS) is 14.4. The highest BCUT2D eigenvalue weighted by molar-refractivity contribution is 5.94. The summed E-state index contributed by atoms with van der Waals surface area (Å²) in [6.07, 6.45) is 0. The molecule has 1 aliphatic heterocycles. The molecule has 0 aliphatic carbocycles. The Hall–Kier alpha value is -3.22. The zero-order valence-corrected chi connectivity index (χ0v) is 14.9. The monoisotopic (exact) mass is 366 g/mol. The van der Waals surface area contributed by atoms with E-state index in [-0.39, 0.29) is 17.4 Å². The fourth-order valence-electron chi connectivity index (χ4n) is 3.16. The number of nitrogens with zero attached hydrogens (tertiary/aromatic N) is 4. The molecule has 0 atom stereocenters. The van der Waals surface area contributed by atoms with Crippen LogP contribution in [0, 0.1) is 5.82 Å². The smallest absolute Gasteiger partial charge is 0.324 e. The van der Waals surface area contributed by atoms with Crippen molar-refractivity contribution >= 4 is 17.5 Å². The van der Waals surface area contributed by atoms with Gasteiger partial charge in [-0.05, 0) is 43.3 Å². The van der Waals surface area contributed by atoms with E-state index in [1.807, 2.05) is 29.2 Å². The van der Waals surface area contributed by atoms with Gasteiger partial charge in [-0.2, -0.15) is 4.98 Å². The quantitative estimate of drug-likeness (QED) is 0.660. The van der Waals surface area contributed by atoms with Crippen molar-refractivity contribution in [1.82, 2.24) is 10.1 Å². The van der Waals surface area contributed by atoms with Crippen molar-refractivity contribution in [2.24, 2.45) is 0 Å². The van der Waals surface area contributed by atoms with Crippen LogP contribution in [0.15, 0.2) is 53.1 Å². The van der Waals surface area contributed by atoms with Crippen LogP contribution in [0.4, 0.5) is 16.1 Å². The minimum Gasteiger partial charge on any atom is -0.368 e. The first-order valence-electron chi connectivity index (χ1n) is 8.81. The van der Waals surface area contributed by atoms with Crippen LogP contribution >= 0.6 is 0 Å². The topological polar surface area (TPSA) is 62.5 Å². The Balaban J connectivity index is 1.42. The molecule has 1 aliphatic rings. The summed E-state index contributed by atoms with van der Waals surface area (Å²) < 4.78 is 19.2. The van der Waals surface area contributed by atoms with Gasteiger partial charge in [-0.3, -0.25) is 4.79 Å². The number of aromatic nitrogens is 2. The van der Waals surface area contributed by atoms with Crippen molar-refractivity contribution in [2.75, 3.05) is 36.0 Å². The second-order valence-corrected chi connectivity index (χ2v) is 6.46. The van der Waals surface area contributed by atoms with E-state index in [0.29, 0.717) is 30.2 Å². The molecule has 3 aromatic rings. The zero-order valence-electron chi connectivity index (χ0n) is 14.9. The second kappa shape index (κ2) is 7.19. The van der Waals surface area contributed by atoms with Gasteiger partial charge in [0.15, 0.2) is 5.78 Å². The van der Waals surface area contributed by atoms with Crippen LogP contribution in [0.3, 0.4) is 0 Å². The Morgan fingerprint density at radius 3 is 2.33 bits per heavy atom. The maximum Gasteiger partial charge on any atom is 0.324 e. The predicted octanol–water partition coefficient (Wildman–Crippen LogP) is 3.40. The van der Waals surface area contributed by atoms with Gasteiger partial charge in [0.2, 0.25) is 5.82 Å². The van der Waals surface area contributed by atoms with Crippen LogP contribution in [0.1, 0.15) is 17.3 Å². The van der Waals surface area contributed by atoms with Gasteiger partial charge >= 0.3 is 6.01 Å². The number of ketones is 1. The third kappa shape index (κ3) is 3.53. The lowest BCUT2D eigenvalue weighted by molar-refractivity contribution is 0.101. The highest BCUT2D eigenvalue weighted by atomic mass is 19.1. The average Bonchev–Trinajstić information content (AvgIpc) is 3.18. The third-order valence-electron chi connectivity index (χ3n) is 4.72. The highest BCUT2D eigenvalue weighted by Gasteiger charge is 2.22. The standard InChI is InChI=1S/C20H19FN4O2/c1-14(26)15-6-8-16(9-7-15)24-10-12-25(13-11-24)20-22-19(23-27-20)17-4-2-3-5-18(17)21/h2-9H,10-13H2,1H3. The molecule has 0 saturated carbocycles. The molecule has 2 heterocycles. The molecule has 7 heteroatoms. The largest absolute Gasteiger partial charge is 0.368 e. The van der Waals surface area contributed by atoms with E-state index in [4.69, 9.17) is 4.52 Å². The molecule has 27 heavy (non-hydrogen) atoms. The van der Waals surface area contributed by atoms with E-state index < -0.39 is 0 Å². The molecule has 0 spiro atoms. The van der Waals surface area contributed by atoms with Crippen LogP contribution < -0.4 is 9.80 Å². The van der Waals surface area contributed by atoms with Gasteiger partial charge in [0, 0.05) is 37.4 Å². The molecule has 0 radical (unpaired) electrons. The molecule has 1 fully saturated rings. The van der Waals surface area contributed by atoms with Crippen molar-refractivity contribution in [2.45, 2.75) is 6.92 Å². The fourth-order valence-corrected chi connectivity index (χ4v) is 3.16. The Labute approximate surface area is 156 Å². The molecule has 0 bridgehead atoms. The molecule has 1 aromatic heterocycles. The number of anilines is 2. The molecule has 6 nitrogen and oxygen atoms in total. The van der Waals surface area contributed by atoms with E-state index in [1.165, 1.54) is 6.07 Å². The van der Waals surface area contributed by atoms with E-state index in [2.05, 4.69) is 15.0 Å². The number of halogens is 1. The molecular formula is C20H19FN4O2. The Morgan fingerprint density at radius 1 is 1.00 bits per heavy atom. The van der Waals surface area contributed by atoms with Crippen molar-refractivity contribution in [3.63, 3.8) is 0 Å². The lowest BCUT2D eigenvalue weighted by Crippen LogP contribution is -2.46. The number of hydrogen-bond acceptors (Lipinski definition) is 6. The number of rotatable bonds is 4. The van der Waals surface area contributed by atoms with Gasteiger partial charge in [0.25, 0.3) is 0 Å². The predicted molar refractivity (Wildman–Crippen MR) is 101 cm³/mol. The van der Waals surface area contributed by atoms with Gasteiger partial charge in [0.05, 0.1) is 5.56 Å². The summed E-state index contributed by atoms with van der Waals surface area (Å²) >= 11 is 0. The van der Waals surface area contributed by atoms with Crippen LogP contribution in [-0.2, 0) is 0 Å².